The Hall–Kier alpha value is -0.240. The number of likely N-dealkylation sites (N-methyl/N-ethyl adjacent to an activating group) is 1. The fraction of sp³-hybridized carbons (Fsp3) is 0.571. The Morgan fingerprint density at radius 3 is 2.76 bits per heavy atom. The fourth-order valence-electron chi connectivity index (χ4n) is 2.25. The zero-order valence-electron chi connectivity index (χ0n) is 10.2. The van der Waals surface area contributed by atoms with Crippen molar-refractivity contribution in [3.63, 3.8) is 0 Å². The molecule has 17 heavy (non-hydrogen) atoms. The second kappa shape index (κ2) is 6.08. The minimum atomic E-state index is 0.531. The molecule has 1 atom stereocenters. The maximum Gasteiger partial charge on any atom is 0.0439 e. The van der Waals surface area contributed by atoms with Gasteiger partial charge in [-0.2, -0.15) is 0 Å². The fourth-order valence-corrected chi connectivity index (χ4v) is 2.64. The molecule has 1 fully saturated rings. The largest absolute Gasteiger partial charge is 0.314 e. The summed E-state index contributed by atoms with van der Waals surface area (Å²) in [7, 11) is 0. The highest BCUT2D eigenvalue weighted by Crippen LogP contribution is 2.34. The molecule has 94 valence electrons. The first-order chi connectivity index (χ1) is 8.19. The van der Waals surface area contributed by atoms with Crippen LogP contribution in [0.2, 0.25) is 10.0 Å². The Labute approximate surface area is 114 Å². The average Bonchev–Trinajstić information content (AvgIpc) is 3.08. The Morgan fingerprint density at radius 1 is 1.35 bits per heavy atom. The highest BCUT2D eigenvalue weighted by Gasteiger charge is 2.25. The third-order valence-corrected chi connectivity index (χ3v) is 3.89. The van der Waals surface area contributed by atoms with Crippen molar-refractivity contribution in [2.45, 2.75) is 38.6 Å². The molecule has 1 aromatic carbocycles. The first kappa shape index (κ1) is 13.2. The van der Waals surface area contributed by atoms with E-state index in [0.29, 0.717) is 6.04 Å². The van der Waals surface area contributed by atoms with Gasteiger partial charge in [0.05, 0.1) is 0 Å². The molecule has 0 saturated heterocycles. The van der Waals surface area contributed by atoms with E-state index in [4.69, 9.17) is 23.2 Å². The van der Waals surface area contributed by atoms with Crippen molar-refractivity contribution >= 4 is 23.2 Å². The van der Waals surface area contributed by atoms with E-state index in [1.807, 2.05) is 18.2 Å². The van der Waals surface area contributed by atoms with E-state index in [2.05, 4.69) is 12.2 Å². The Bertz CT molecular complexity index is 374. The van der Waals surface area contributed by atoms with E-state index in [9.17, 15) is 0 Å². The van der Waals surface area contributed by atoms with Crippen LogP contribution in [-0.2, 0) is 6.42 Å². The lowest BCUT2D eigenvalue weighted by atomic mass is 10.0. The number of halogens is 2. The van der Waals surface area contributed by atoms with Gasteiger partial charge in [-0.3, -0.25) is 0 Å². The highest BCUT2D eigenvalue weighted by atomic mass is 35.5. The maximum absolute atomic E-state index is 6.21. The minimum Gasteiger partial charge on any atom is -0.314 e. The summed E-state index contributed by atoms with van der Waals surface area (Å²) < 4.78 is 0. The summed E-state index contributed by atoms with van der Waals surface area (Å²) in [4.78, 5) is 0. The molecule has 0 bridgehead atoms. The quantitative estimate of drug-likeness (QED) is 0.813. The molecular formula is C14H19Cl2N. The molecule has 0 amide bonds. The normalized spacial score (nSPS) is 17.1. The first-order valence-electron chi connectivity index (χ1n) is 6.36. The second-order valence-electron chi connectivity index (χ2n) is 4.87. The van der Waals surface area contributed by atoms with Crippen molar-refractivity contribution < 1.29 is 0 Å². The van der Waals surface area contributed by atoms with Gasteiger partial charge in [-0.25, -0.2) is 0 Å². The lowest BCUT2D eigenvalue weighted by molar-refractivity contribution is 0.466. The van der Waals surface area contributed by atoms with Crippen LogP contribution in [0.15, 0.2) is 18.2 Å². The number of benzene rings is 1. The Morgan fingerprint density at radius 2 is 2.12 bits per heavy atom. The van der Waals surface area contributed by atoms with Gasteiger partial charge in [0.15, 0.2) is 0 Å². The summed E-state index contributed by atoms with van der Waals surface area (Å²) in [6, 6.07) is 6.25. The Kier molecular flexibility index (Phi) is 4.72. The van der Waals surface area contributed by atoms with Gasteiger partial charge in [0, 0.05) is 16.1 Å². The minimum absolute atomic E-state index is 0.531. The van der Waals surface area contributed by atoms with Crippen molar-refractivity contribution in [3.05, 3.63) is 33.8 Å². The topological polar surface area (TPSA) is 12.0 Å². The van der Waals surface area contributed by atoms with Crippen LogP contribution < -0.4 is 5.32 Å². The van der Waals surface area contributed by atoms with Gasteiger partial charge in [0.1, 0.15) is 0 Å². The smallest absolute Gasteiger partial charge is 0.0439 e. The van der Waals surface area contributed by atoms with Crippen LogP contribution in [0.4, 0.5) is 0 Å². The van der Waals surface area contributed by atoms with E-state index in [0.717, 1.165) is 34.5 Å². The summed E-state index contributed by atoms with van der Waals surface area (Å²) in [6.45, 7) is 3.16. The molecule has 1 N–H and O–H groups in total. The third-order valence-electron chi connectivity index (χ3n) is 3.28. The molecule has 0 radical (unpaired) electrons. The van der Waals surface area contributed by atoms with E-state index in [-0.39, 0.29) is 0 Å². The van der Waals surface area contributed by atoms with Crippen LogP contribution in [0.1, 0.15) is 31.7 Å². The standard InChI is InChI=1S/C14H19Cl2N/c1-2-17-13(7-10-3-4-10)9-11-8-12(15)5-6-14(11)16/h5-6,8,10,13,17H,2-4,7,9H2,1H3. The van der Waals surface area contributed by atoms with Crippen molar-refractivity contribution in [1.82, 2.24) is 5.32 Å². The third kappa shape index (κ3) is 4.17. The van der Waals surface area contributed by atoms with Crippen molar-refractivity contribution in [2.75, 3.05) is 6.54 Å². The summed E-state index contributed by atoms with van der Waals surface area (Å²) in [5.74, 6) is 0.928. The summed E-state index contributed by atoms with van der Waals surface area (Å²) in [5, 5.41) is 5.14. The number of hydrogen-bond acceptors (Lipinski definition) is 1. The van der Waals surface area contributed by atoms with Gasteiger partial charge < -0.3 is 5.32 Å². The molecule has 1 aliphatic carbocycles. The molecule has 1 saturated carbocycles. The maximum atomic E-state index is 6.21. The van der Waals surface area contributed by atoms with Gasteiger partial charge in [-0.1, -0.05) is 43.0 Å². The summed E-state index contributed by atoms with van der Waals surface area (Å²) in [6.07, 6.45) is 5.02. The molecule has 1 unspecified atom stereocenters. The number of rotatable bonds is 6. The van der Waals surface area contributed by atoms with Crippen molar-refractivity contribution in [1.29, 1.82) is 0 Å². The average molecular weight is 272 g/mol. The van der Waals surface area contributed by atoms with Crippen LogP contribution in [0.5, 0.6) is 0 Å². The number of hydrogen-bond donors (Lipinski definition) is 1. The van der Waals surface area contributed by atoms with Crippen LogP contribution in [0.3, 0.4) is 0 Å². The van der Waals surface area contributed by atoms with Crippen LogP contribution in [0.25, 0.3) is 0 Å². The first-order valence-corrected chi connectivity index (χ1v) is 7.12. The summed E-state index contributed by atoms with van der Waals surface area (Å²) >= 11 is 12.2. The molecular weight excluding hydrogens is 253 g/mol. The molecule has 0 aromatic heterocycles. The lowest BCUT2D eigenvalue weighted by Gasteiger charge is -2.18. The van der Waals surface area contributed by atoms with Gasteiger partial charge in [-0.05, 0) is 49.1 Å². The SMILES string of the molecule is CCNC(Cc1cc(Cl)ccc1Cl)CC1CC1. The van der Waals surface area contributed by atoms with Gasteiger partial charge in [0.25, 0.3) is 0 Å². The van der Waals surface area contributed by atoms with E-state index >= 15 is 0 Å². The molecule has 2 rings (SSSR count). The molecule has 3 heteroatoms. The lowest BCUT2D eigenvalue weighted by Crippen LogP contribution is -2.31. The monoisotopic (exact) mass is 271 g/mol. The van der Waals surface area contributed by atoms with E-state index in [1.54, 1.807) is 0 Å². The van der Waals surface area contributed by atoms with Crippen LogP contribution in [0, 0.1) is 5.92 Å². The van der Waals surface area contributed by atoms with Gasteiger partial charge >= 0.3 is 0 Å². The van der Waals surface area contributed by atoms with Gasteiger partial charge in [-0.15, -0.1) is 0 Å². The Balaban J connectivity index is 2.01. The molecule has 1 aromatic rings. The zero-order valence-corrected chi connectivity index (χ0v) is 11.7. The zero-order chi connectivity index (χ0) is 12.3. The molecule has 0 heterocycles. The predicted octanol–water partition coefficient (Wildman–Crippen LogP) is 4.31. The molecule has 0 aliphatic heterocycles. The van der Waals surface area contributed by atoms with E-state index in [1.165, 1.54) is 19.3 Å². The second-order valence-corrected chi connectivity index (χ2v) is 5.72. The highest BCUT2D eigenvalue weighted by molar-refractivity contribution is 6.33. The number of nitrogens with one attached hydrogen (secondary N) is 1. The van der Waals surface area contributed by atoms with Gasteiger partial charge in [0.2, 0.25) is 0 Å². The molecule has 1 nitrogen and oxygen atoms in total. The summed E-state index contributed by atoms with van der Waals surface area (Å²) in [5.41, 5.74) is 1.16. The molecule has 1 aliphatic rings. The van der Waals surface area contributed by atoms with Crippen molar-refractivity contribution in [2.24, 2.45) is 5.92 Å². The molecule has 0 spiro atoms. The van der Waals surface area contributed by atoms with Crippen LogP contribution in [-0.4, -0.2) is 12.6 Å². The van der Waals surface area contributed by atoms with Crippen molar-refractivity contribution in [3.8, 4) is 0 Å². The van der Waals surface area contributed by atoms with E-state index < -0.39 is 0 Å². The predicted molar refractivity (Wildman–Crippen MR) is 75.0 cm³/mol. The van der Waals surface area contributed by atoms with Crippen LogP contribution >= 0.6 is 23.2 Å².